The molecule has 0 saturated heterocycles. The number of rotatable bonds is 10. The summed E-state index contributed by atoms with van der Waals surface area (Å²) in [5.41, 5.74) is 2.66. The lowest BCUT2D eigenvalue weighted by molar-refractivity contribution is 0.305. The second-order valence-electron chi connectivity index (χ2n) is 5.58. The summed E-state index contributed by atoms with van der Waals surface area (Å²) in [5, 5.41) is 3.52. The van der Waals surface area contributed by atoms with Gasteiger partial charge in [0.1, 0.15) is 5.75 Å². The molecule has 0 bridgehead atoms. The van der Waals surface area contributed by atoms with Crippen molar-refractivity contribution in [3.63, 3.8) is 0 Å². The molecule has 0 aliphatic rings. The van der Waals surface area contributed by atoms with Crippen molar-refractivity contribution in [1.29, 1.82) is 0 Å². The molecule has 2 nitrogen and oxygen atoms in total. The fraction of sp³-hybridized carbons (Fsp3) is 0.400. The molecule has 0 spiro atoms. The predicted molar refractivity (Wildman–Crippen MR) is 93.3 cm³/mol. The van der Waals surface area contributed by atoms with Crippen LogP contribution in [0.2, 0.25) is 0 Å². The van der Waals surface area contributed by atoms with Gasteiger partial charge in [-0.15, -0.1) is 0 Å². The molecule has 2 aromatic rings. The average molecular weight is 297 g/mol. The Morgan fingerprint density at radius 2 is 1.68 bits per heavy atom. The highest BCUT2D eigenvalue weighted by Gasteiger charge is 2.02. The standard InChI is InChI=1S/C20H27NO/c1-2-3-16-22-20-14-8-7-13-19(20)17-21-15-9-12-18-10-5-4-6-11-18/h4-8,10-11,13-14,21H,2-3,9,12,15-17H2,1H3. The molecular formula is C20H27NO. The third-order valence-corrected chi connectivity index (χ3v) is 3.71. The Kier molecular flexibility index (Phi) is 7.54. The van der Waals surface area contributed by atoms with Crippen LogP contribution >= 0.6 is 0 Å². The van der Waals surface area contributed by atoms with Crippen molar-refractivity contribution in [2.24, 2.45) is 0 Å². The van der Waals surface area contributed by atoms with Crippen molar-refractivity contribution in [1.82, 2.24) is 5.32 Å². The van der Waals surface area contributed by atoms with Gasteiger partial charge in [0.15, 0.2) is 0 Å². The van der Waals surface area contributed by atoms with Gasteiger partial charge in [0, 0.05) is 12.1 Å². The van der Waals surface area contributed by atoms with Gasteiger partial charge in [-0.3, -0.25) is 0 Å². The first kappa shape index (κ1) is 16.6. The maximum absolute atomic E-state index is 5.86. The maximum atomic E-state index is 5.86. The summed E-state index contributed by atoms with van der Waals surface area (Å²) >= 11 is 0. The summed E-state index contributed by atoms with van der Waals surface area (Å²) in [5.74, 6) is 1.02. The fourth-order valence-electron chi connectivity index (χ4n) is 2.40. The van der Waals surface area contributed by atoms with E-state index in [9.17, 15) is 0 Å². The lowest BCUT2D eigenvalue weighted by Gasteiger charge is -2.12. The van der Waals surface area contributed by atoms with E-state index < -0.39 is 0 Å². The summed E-state index contributed by atoms with van der Waals surface area (Å²) in [4.78, 5) is 0. The third kappa shape index (κ3) is 5.90. The van der Waals surface area contributed by atoms with Crippen molar-refractivity contribution in [3.8, 4) is 5.75 Å². The number of hydrogen-bond acceptors (Lipinski definition) is 2. The normalized spacial score (nSPS) is 10.6. The molecule has 22 heavy (non-hydrogen) atoms. The van der Waals surface area contributed by atoms with Crippen LogP contribution in [0.15, 0.2) is 54.6 Å². The average Bonchev–Trinajstić information content (AvgIpc) is 2.57. The topological polar surface area (TPSA) is 21.3 Å². The lowest BCUT2D eigenvalue weighted by atomic mass is 10.1. The molecule has 2 heteroatoms. The Hall–Kier alpha value is -1.80. The summed E-state index contributed by atoms with van der Waals surface area (Å²) in [6.07, 6.45) is 4.56. The van der Waals surface area contributed by atoms with E-state index in [4.69, 9.17) is 4.74 Å². The highest BCUT2D eigenvalue weighted by Crippen LogP contribution is 2.18. The first-order valence-electron chi connectivity index (χ1n) is 8.35. The Morgan fingerprint density at radius 3 is 2.50 bits per heavy atom. The predicted octanol–water partition coefficient (Wildman–Crippen LogP) is 4.59. The van der Waals surface area contributed by atoms with E-state index in [0.29, 0.717) is 0 Å². The Balaban J connectivity index is 1.70. The molecule has 0 radical (unpaired) electrons. The molecule has 0 aromatic heterocycles. The first-order chi connectivity index (χ1) is 10.9. The number of hydrogen-bond donors (Lipinski definition) is 1. The monoisotopic (exact) mass is 297 g/mol. The van der Waals surface area contributed by atoms with E-state index in [0.717, 1.165) is 44.7 Å². The smallest absolute Gasteiger partial charge is 0.123 e. The van der Waals surface area contributed by atoms with Gasteiger partial charge in [0.05, 0.1) is 6.61 Å². The molecule has 0 unspecified atom stereocenters. The second kappa shape index (κ2) is 10.0. The number of benzene rings is 2. The van der Waals surface area contributed by atoms with Crippen LogP contribution in [0.5, 0.6) is 5.75 Å². The minimum absolute atomic E-state index is 0.807. The van der Waals surface area contributed by atoms with E-state index in [1.165, 1.54) is 17.5 Å². The summed E-state index contributed by atoms with van der Waals surface area (Å²) in [6, 6.07) is 19.0. The van der Waals surface area contributed by atoms with Crippen molar-refractivity contribution in [2.75, 3.05) is 13.2 Å². The van der Waals surface area contributed by atoms with Crippen LogP contribution < -0.4 is 10.1 Å². The lowest BCUT2D eigenvalue weighted by Crippen LogP contribution is -2.16. The van der Waals surface area contributed by atoms with E-state index in [1.807, 2.05) is 6.07 Å². The zero-order chi connectivity index (χ0) is 15.5. The molecular weight excluding hydrogens is 270 g/mol. The Labute approximate surface area is 134 Å². The van der Waals surface area contributed by atoms with Gasteiger partial charge in [0.2, 0.25) is 0 Å². The number of unbranched alkanes of at least 4 members (excludes halogenated alkanes) is 1. The van der Waals surface area contributed by atoms with Crippen LogP contribution in [-0.4, -0.2) is 13.2 Å². The van der Waals surface area contributed by atoms with Gasteiger partial charge < -0.3 is 10.1 Å². The Morgan fingerprint density at radius 1 is 0.909 bits per heavy atom. The molecule has 1 N–H and O–H groups in total. The van der Waals surface area contributed by atoms with Crippen LogP contribution in [0.1, 0.15) is 37.3 Å². The van der Waals surface area contributed by atoms with Crippen LogP contribution in [0.4, 0.5) is 0 Å². The second-order valence-corrected chi connectivity index (χ2v) is 5.58. The van der Waals surface area contributed by atoms with Crippen LogP contribution in [0, 0.1) is 0 Å². The van der Waals surface area contributed by atoms with Gasteiger partial charge in [-0.05, 0) is 37.4 Å². The van der Waals surface area contributed by atoms with E-state index in [1.54, 1.807) is 0 Å². The molecule has 0 aliphatic carbocycles. The molecule has 0 saturated carbocycles. The minimum Gasteiger partial charge on any atom is -0.493 e. The minimum atomic E-state index is 0.807. The molecule has 0 heterocycles. The van der Waals surface area contributed by atoms with Crippen molar-refractivity contribution >= 4 is 0 Å². The molecule has 118 valence electrons. The van der Waals surface area contributed by atoms with Gasteiger partial charge >= 0.3 is 0 Å². The van der Waals surface area contributed by atoms with Gasteiger partial charge in [-0.1, -0.05) is 61.9 Å². The van der Waals surface area contributed by atoms with E-state index in [2.05, 4.69) is 60.8 Å². The number of aryl methyl sites for hydroxylation is 1. The maximum Gasteiger partial charge on any atom is 0.123 e. The highest BCUT2D eigenvalue weighted by molar-refractivity contribution is 5.33. The zero-order valence-electron chi connectivity index (χ0n) is 13.6. The fourth-order valence-corrected chi connectivity index (χ4v) is 2.40. The Bertz CT molecular complexity index is 524. The first-order valence-corrected chi connectivity index (χ1v) is 8.35. The largest absolute Gasteiger partial charge is 0.493 e. The summed E-state index contributed by atoms with van der Waals surface area (Å²) in [7, 11) is 0. The van der Waals surface area contributed by atoms with Crippen LogP contribution in [-0.2, 0) is 13.0 Å². The van der Waals surface area contributed by atoms with Crippen LogP contribution in [0.3, 0.4) is 0 Å². The number of nitrogens with one attached hydrogen (secondary N) is 1. The van der Waals surface area contributed by atoms with Gasteiger partial charge in [-0.25, -0.2) is 0 Å². The number of para-hydroxylation sites is 1. The quantitative estimate of drug-likeness (QED) is 0.648. The zero-order valence-corrected chi connectivity index (χ0v) is 13.6. The summed E-state index contributed by atoms with van der Waals surface area (Å²) < 4.78 is 5.86. The molecule has 0 amide bonds. The molecule has 2 rings (SSSR count). The van der Waals surface area contributed by atoms with Crippen molar-refractivity contribution in [2.45, 2.75) is 39.2 Å². The SMILES string of the molecule is CCCCOc1ccccc1CNCCCc1ccccc1. The van der Waals surface area contributed by atoms with Crippen LogP contribution in [0.25, 0.3) is 0 Å². The molecule has 0 aliphatic heterocycles. The third-order valence-electron chi connectivity index (χ3n) is 3.71. The highest BCUT2D eigenvalue weighted by atomic mass is 16.5. The molecule has 0 fully saturated rings. The van der Waals surface area contributed by atoms with Gasteiger partial charge in [0.25, 0.3) is 0 Å². The van der Waals surface area contributed by atoms with Crippen molar-refractivity contribution in [3.05, 3.63) is 65.7 Å². The number of ether oxygens (including phenoxy) is 1. The van der Waals surface area contributed by atoms with Crippen molar-refractivity contribution < 1.29 is 4.74 Å². The summed E-state index contributed by atoms with van der Waals surface area (Å²) in [6.45, 7) is 4.89. The molecule has 0 atom stereocenters. The van der Waals surface area contributed by atoms with E-state index in [-0.39, 0.29) is 0 Å². The van der Waals surface area contributed by atoms with Gasteiger partial charge in [-0.2, -0.15) is 0 Å². The van der Waals surface area contributed by atoms with E-state index >= 15 is 0 Å². The molecule has 2 aromatic carbocycles.